The molecular formula is C15H20ClNO2S. The van der Waals surface area contributed by atoms with Crippen LogP contribution in [0.1, 0.15) is 36.7 Å². The van der Waals surface area contributed by atoms with Gasteiger partial charge in [0.15, 0.2) is 5.78 Å². The molecule has 1 fully saturated rings. The minimum absolute atomic E-state index is 0.0675. The molecule has 2 rings (SSSR count). The lowest BCUT2D eigenvalue weighted by Crippen LogP contribution is -2.42. The maximum atomic E-state index is 11.5. The molecule has 1 aliphatic rings. The maximum Gasteiger partial charge on any atom is 0.163 e. The highest BCUT2D eigenvalue weighted by molar-refractivity contribution is 8.00. The maximum absolute atomic E-state index is 11.5. The Kier molecular flexibility index (Phi) is 4.67. The number of hydrogen-bond acceptors (Lipinski definition) is 4. The molecule has 0 unspecified atom stereocenters. The van der Waals surface area contributed by atoms with Crippen LogP contribution in [0.2, 0.25) is 5.02 Å². The lowest BCUT2D eigenvalue weighted by atomic mass is 10.0. The third-order valence-corrected chi connectivity index (χ3v) is 4.95. The van der Waals surface area contributed by atoms with E-state index in [1.54, 1.807) is 6.07 Å². The van der Waals surface area contributed by atoms with Crippen LogP contribution >= 0.6 is 23.4 Å². The zero-order chi connectivity index (χ0) is 14.9. The fourth-order valence-corrected chi connectivity index (χ4v) is 3.95. The number of rotatable bonds is 3. The highest BCUT2D eigenvalue weighted by Gasteiger charge is 2.27. The summed E-state index contributed by atoms with van der Waals surface area (Å²) in [6, 6.07) is 3.27. The Morgan fingerprint density at radius 1 is 1.50 bits per heavy atom. The van der Waals surface area contributed by atoms with Crippen LogP contribution in [0.3, 0.4) is 0 Å². The summed E-state index contributed by atoms with van der Waals surface area (Å²) in [6.45, 7) is 8.45. The van der Waals surface area contributed by atoms with Crippen LogP contribution in [-0.2, 0) is 6.54 Å². The van der Waals surface area contributed by atoms with Gasteiger partial charge in [0.2, 0.25) is 0 Å². The Labute approximate surface area is 129 Å². The Morgan fingerprint density at radius 2 is 2.20 bits per heavy atom. The molecule has 0 spiro atoms. The molecule has 1 N–H and O–H groups in total. The standard InChI is InChI=1S/C15H20ClNO2S/c1-10(18)13-7-12(16)6-11(14(13)19)8-17-4-5-20-15(2,3)9-17/h6-7,19H,4-5,8-9H2,1-3H3. The first kappa shape index (κ1) is 15.7. The molecule has 1 aromatic carbocycles. The van der Waals surface area contributed by atoms with Gasteiger partial charge in [0.05, 0.1) is 5.56 Å². The number of aromatic hydroxyl groups is 1. The topological polar surface area (TPSA) is 40.5 Å². The van der Waals surface area contributed by atoms with Gasteiger partial charge in [0.25, 0.3) is 0 Å². The summed E-state index contributed by atoms with van der Waals surface area (Å²) in [5, 5.41) is 10.7. The molecule has 0 aromatic heterocycles. The van der Waals surface area contributed by atoms with Crippen molar-refractivity contribution in [2.45, 2.75) is 32.1 Å². The minimum Gasteiger partial charge on any atom is -0.507 e. The van der Waals surface area contributed by atoms with E-state index >= 15 is 0 Å². The monoisotopic (exact) mass is 313 g/mol. The van der Waals surface area contributed by atoms with Gasteiger partial charge < -0.3 is 5.11 Å². The van der Waals surface area contributed by atoms with Gasteiger partial charge in [-0.05, 0) is 32.9 Å². The quantitative estimate of drug-likeness (QED) is 0.866. The fraction of sp³-hybridized carbons (Fsp3) is 0.533. The Bertz CT molecular complexity index is 531. The summed E-state index contributed by atoms with van der Waals surface area (Å²) < 4.78 is 0.218. The third kappa shape index (κ3) is 3.68. The van der Waals surface area contributed by atoms with Crippen molar-refractivity contribution in [1.82, 2.24) is 4.90 Å². The highest BCUT2D eigenvalue weighted by Crippen LogP contribution is 2.33. The van der Waals surface area contributed by atoms with Gasteiger partial charge >= 0.3 is 0 Å². The molecule has 0 amide bonds. The molecule has 0 bridgehead atoms. The van der Waals surface area contributed by atoms with Crippen molar-refractivity contribution in [1.29, 1.82) is 0 Å². The molecule has 3 nitrogen and oxygen atoms in total. The first-order valence-corrected chi connectivity index (χ1v) is 8.03. The van der Waals surface area contributed by atoms with Crippen molar-refractivity contribution in [3.05, 3.63) is 28.3 Å². The van der Waals surface area contributed by atoms with Gasteiger partial charge in [0.1, 0.15) is 5.75 Å². The number of halogens is 1. The molecule has 0 radical (unpaired) electrons. The molecule has 110 valence electrons. The smallest absolute Gasteiger partial charge is 0.163 e. The lowest BCUT2D eigenvalue weighted by molar-refractivity contribution is 0.101. The van der Waals surface area contributed by atoms with E-state index in [-0.39, 0.29) is 16.3 Å². The number of phenolic OH excluding ortho intramolecular Hbond substituents is 1. The van der Waals surface area contributed by atoms with Crippen molar-refractivity contribution < 1.29 is 9.90 Å². The van der Waals surface area contributed by atoms with Crippen molar-refractivity contribution in [2.75, 3.05) is 18.8 Å². The Balaban J connectivity index is 2.23. The fourth-order valence-electron chi connectivity index (χ4n) is 2.53. The molecule has 1 aliphatic heterocycles. The van der Waals surface area contributed by atoms with Gasteiger partial charge in [-0.3, -0.25) is 9.69 Å². The summed E-state index contributed by atoms with van der Waals surface area (Å²) in [7, 11) is 0. The summed E-state index contributed by atoms with van der Waals surface area (Å²) in [4.78, 5) is 13.8. The summed E-state index contributed by atoms with van der Waals surface area (Å²) in [5.74, 6) is 0.979. The number of phenols is 1. The number of benzene rings is 1. The molecule has 0 aliphatic carbocycles. The molecule has 20 heavy (non-hydrogen) atoms. The predicted octanol–water partition coefficient (Wildman–Crippen LogP) is 3.58. The van der Waals surface area contributed by atoms with E-state index in [4.69, 9.17) is 11.6 Å². The predicted molar refractivity (Wildman–Crippen MR) is 84.9 cm³/mol. The second kappa shape index (κ2) is 5.96. The van der Waals surface area contributed by atoms with E-state index in [1.807, 2.05) is 11.8 Å². The van der Waals surface area contributed by atoms with Crippen LogP contribution in [0.25, 0.3) is 0 Å². The Hall–Kier alpha value is -0.710. The second-order valence-corrected chi connectivity index (χ2v) is 8.07. The van der Waals surface area contributed by atoms with Crippen LogP contribution in [0.4, 0.5) is 0 Å². The number of carbonyl (C=O) groups excluding carboxylic acids is 1. The third-order valence-electron chi connectivity index (χ3n) is 3.43. The average molecular weight is 314 g/mol. The Morgan fingerprint density at radius 3 is 2.80 bits per heavy atom. The van der Waals surface area contributed by atoms with Gasteiger partial charge in [-0.2, -0.15) is 11.8 Å². The van der Waals surface area contributed by atoms with Crippen molar-refractivity contribution in [3.63, 3.8) is 0 Å². The number of nitrogens with zero attached hydrogens (tertiary/aromatic N) is 1. The van der Waals surface area contributed by atoms with Gasteiger partial charge in [-0.25, -0.2) is 0 Å². The van der Waals surface area contributed by atoms with E-state index in [9.17, 15) is 9.90 Å². The van der Waals surface area contributed by atoms with Crippen molar-refractivity contribution in [2.24, 2.45) is 0 Å². The number of Topliss-reactive ketones (excluding diaryl/α,β-unsaturated/α-hetero) is 1. The van der Waals surface area contributed by atoms with Crippen LogP contribution < -0.4 is 0 Å². The van der Waals surface area contributed by atoms with Crippen LogP contribution in [0.5, 0.6) is 5.75 Å². The minimum atomic E-state index is -0.166. The highest BCUT2D eigenvalue weighted by atomic mass is 35.5. The van der Waals surface area contributed by atoms with Gasteiger partial charge in [-0.15, -0.1) is 0 Å². The zero-order valence-corrected chi connectivity index (χ0v) is 13.6. The molecule has 1 heterocycles. The van der Waals surface area contributed by atoms with Gasteiger partial charge in [-0.1, -0.05) is 11.6 Å². The lowest BCUT2D eigenvalue weighted by Gasteiger charge is -2.37. The largest absolute Gasteiger partial charge is 0.507 e. The normalized spacial score (nSPS) is 19.0. The first-order valence-electron chi connectivity index (χ1n) is 6.67. The summed E-state index contributed by atoms with van der Waals surface area (Å²) in [5.41, 5.74) is 1.03. The first-order chi connectivity index (χ1) is 9.28. The number of hydrogen-bond donors (Lipinski definition) is 1. The van der Waals surface area contributed by atoms with Crippen molar-refractivity contribution in [3.8, 4) is 5.75 Å². The summed E-state index contributed by atoms with van der Waals surface area (Å²) in [6.07, 6.45) is 0. The van der Waals surface area contributed by atoms with Gasteiger partial charge in [0, 0.05) is 40.7 Å². The average Bonchev–Trinajstić information content (AvgIpc) is 2.31. The number of ketones is 1. The molecule has 0 atom stereocenters. The number of thioether (sulfide) groups is 1. The number of carbonyl (C=O) groups is 1. The van der Waals surface area contributed by atoms with E-state index in [1.165, 1.54) is 13.0 Å². The van der Waals surface area contributed by atoms with Crippen molar-refractivity contribution >= 4 is 29.1 Å². The summed E-state index contributed by atoms with van der Waals surface area (Å²) >= 11 is 8.02. The van der Waals surface area contributed by atoms with Crippen LogP contribution in [0.15, 0.2) is 12.1 Å². The SMILES string of the molecule is CC(=O)c1cc(Cl)cc(CN2CCSC(C)(C)C2)c1O. The molecule has 5 heteroatoms. The van der Waals surface area contributed by atoms with Crippen LogP contribution in [0, 0.1) is 0 Å². The molecule has 0 saturated carbocycles. The van der Waals surface area contributed by atoms with E-state index in [2.05, 4.69) is 18.7 Å². The van der Waals surface area contributed by atoms with E-state index in [0.29, 0.717) is 17.1 Å². The van der Waals surface area contributed by atoms with Crippen LogP contribution in [-0.4, -0.2) is 39.4 Å². The second-order valence-electron chi connectivity index (χ2n) is 5.84. The molecule has 1 aromatic rings. The zero-order valence-electron chi connectivity index (χ0n) is 12.1. The van der Waals surface area contributed by atoms with E-state index < -0.39 is 0 Å². The molecular weight excluding hydrogens is 294 g/mol. The molecule has 1 saturated heterocycles. The van der Waals surface area contributed by atoms with E-state index in [0.717, 1.165) is 24.4 Å².